The molecule has 0 heterocycles. The van der Waals surface area contributed by atoms with E-state index < -0.39 is 28.5 Å². The summed E-state index contributed by atoms with van der Waals surface area (Å²) in [6, 6.07) is 29.7. The summed E-state index contributed by atoms with van der Waals surface area (Å²) in [6.45, 7) is 3.36. The van der Waals surface area contributed by atoms with Crippen molar-refractivity contribution in [3.05, 3.63) is 125 Å². The van der Waals surface area contributed by atoms with E-state index in [1.54, 1.807) is 31.4 Å². The molecule has 9 heteroatoms. The van der Waals surface area contributed by atoms with E-state index in [9.17, 15) is 18.0 Å². The molecule has 4 aromatic rings. The van der Waals surface area contributed by atoms with Gasteiger partial charge in [-0.05, 0) is 73.7 Å². The molecule has 1 N–H and O–H groups in total. The lowest BCUT2D eigenvalue weighted by atomic mass is 10.0. The standard InChI is InChI=1S/C38H43N3O5S/c1-28-21-22-35(29(2)23-28)41(47(44,45)34-19-8-5-9-20-34)27-37(42)40(26-31-15-12-18-33(24-31)46-3)36(25-30-13-6-4-7-14-30)38(43)39-32-16-10-11-17-32/h4-9,12-15,18-24,32,36H,10-11,16-17,25-27H2,1-3H3,(H,39,43)/t36-/m1/s1. The van der Waals surface area contributed by atoms with Gasteiger partial charge in [-0.25, -0.2) is 8.42 Å². The van der Waals surface area contributed by atoms with Crippen LogP contribution in [0, 0.1) is 13.8 Å². The Balaban J connectivity index is 1.59. The van der Waals surface area contributed by atoms with Crippen LogP contribution in [0.5, 0.6) is 5.75 Å². The Bertz CT molecular complexity index is 1770. The highest BCUT2D eigenvalue weighted by Crippen LogP contribution is 2.29. The molecule has 5 rings (SSSR count). The molecule has 0 bridgehead atoms. The van der Waals surface area contributed by atoms with Crippen molar-refractivity contribution < 1.29 is 22.7 Å². The van der Waals surface area contributed by atoms with Gasteiger partial charge in [0.2, 0.25) is 11.8 Å². The third kappa shape index (κ3) is 8.40. The molecule has 0 saturated heterocycles. The summed E-state index contributed by atoms with van der Waals surface area (Å²) >= 11 is 0. The van der Waals surface area contributed by atoms with E-state index >= 15 is 0 Å². The number of methoxy groups -OCH3 is 1. The fraction of sp³-hybridized carbons (Fsp3) is 0.316. The summed E-state index contributed by atoms with van der Waals surface area (Å²) in [5.74, 6) is -0.121. The van der Waals surface area contributed by atoms with E-state index in [0.717, 1.165) is 47.9 Å². The summed E-state index contributed by atoms with van der Waals surface area (Å²) in [4.78, 5) is 30.5. The molecule has 1 aliphatic carbocycles. The molecule has 0 aromatic heterocycles. The molecule has 8 nitrogen and oxygen atoms in total. The zero-order valence-electron chi connectivity index (χ0n) is 27.3. The molecular formula is C38H43N3O5S. The number of rotatable bonds is 13. The largest absolute Gasteiger partial charge is 0.497 e. The van der Waals surface area contributed by atoms with Crippen LogP contribution in [0.3, 0.4) is 0 Å². The van der Waals surface area contributed by atoms with Crippen molar-refractivity contribution in [1.82, 2.24) is 10.2 Å². The van der Waals surface area contributed by atoms with Gasteiger partial charge in [0.25, 0.3) is 10.0 Å². The number of nitrogens with one attached hydrogen (secondary N) is 1. The number of nitrogens with zero attached hydrogens (tertiary/aromatic N) is 2. The van der Waals surface area contributed by atoms with Crippen LogP contribution in [0.2, 0.25) is 0 Å². The van der Waals surface area contributed by atoms with E-state index in [4.69, 9.17) is 4.74 Å². The van der Waals surface area contributed by atoms with E-state index in [0.29, 0.717) is 11.4 Å². The lowest BCUT2D eigenvalue weighted by Crippen LogP contribution is -2.54. The Morgan fingerprint density at radius 1 is 0.851 bits per heavy atom. The van der Waals surface area contributed by atoms with E-state index in [-0.39, 0.29) is 29.8 Å². The normalized spacial score (nSPS) is 13.9. The third-order valence-electron chi connectivity index (χ3n) is 8.69. The van der Waals surface area contributed by atoms with Gasteiger partial charge in [0.1, 0.15) is 18.3 Å². The molecule has 246 valence electrons. The maximum absolute atomic E-state index is 14.7. The number of hydrogen-bond donors (Lipinski definition) is 1. The van der Waals surface area contributed by atoms with Crippen molar-refractivity contribution in [2.75, 3.05) is 18.0 Å². The lowest BCUT2D eigenvalue weighted by molar-refractivity contribution is -0.140. The number of carbonyl (C=O) groups excluding carboxylic acids is 2. The Morgan fingerprint density at radius 3 is 2.17 bits per heavy atom. The predicted molar refractivity (Wildman–Crippen MR) is 185 cm³/mol. The Kier molecular flexibility index (Phi) is 11.0. The summed E-state index contributed by atoms with van der Waals surface area (Å²) in [6.07, 6.45) is 4.14. The maximum Gasteiger partial charge on any atom is 0.264 e. The first-order valence-corrected chi connectivity index (χ1v) is 17.5. The zero-order chi connectivity index (χ0) is 33.4. The van der Waals surface area contributed by atoms with Gasteiger partial charge in [-0.1, -0.05) is 91.2 Å². The van der Waals surface area contributed by atoms with E-state index in [2.05, 4.69) is 5.32 Å². The maximum atomic E-state index is 14.7. The molecule has 4 aromatic carbocycles. The Labute approximate surface area is 278 Å². The highest BCUT2D eigenvalue weighted by molar-refractivity contribution is 7.92. The molecule has 1 fully saturated rings. The number of benzene rings is 4. The van der Waals surface area contributed by atoms with Gasteiger partial charge < -0.3 is 15.0 Å². The van der Waals surface area contributed by atoms with Crippen molar-refractivity contribution in [3.8, 4) is 5.75 Å². The van der Waals surface area contributed by atoms with Gasteiger partial charge in [0.15, 0.2) is 0 Å². The van der Waals surface area contributed by atoms with Crippen molar-refractivity contribution in [2.45, 2.75) is 69.5 Å². The van der Waals surface area contributed by atoms with Crippen LogP contribution in [0.15, 0.2) is 108 Å². The Morgan fingerprint density at radius 2 is 1.51 bits per heavy atom. The molecule has 0 unspecified atom stereocenters. The second kappa shape index (κ2) is 15.3. The van der Waals surface area contributed by atoms with Crippen LogP contribution in [-0.4, -0.2) is 50.9 Å². The summed E-state index contributed by atoms with van der Waals surface area (Å²) in [7, 11) is -2.58. The average molecular weight is 654 g/mol. The highest BCUT2D eigenvalue weighted by atomic mass is 32.2. The summed E-state index contributed by atoms with van der Waals surface area (Å²) in [5, 5.41) is 3.21. The lowest BCUT2D eigenvalue weighted by Gasteiger charge is -2.34. The number of amides is 2. The quantitative estimate of drug-likeness (QED) is 0.185. The fourth-order valence-electron chi connectivity index (χ4n) is 6.21. The minimum Gasteiger partial charge on any atom is -0.497 e. The minimum absolute atomic E-state index is 0.0414. The van der Waals surface area contributed by atoms with Crippen LogP contribution in [0.4, 0.5) is 5.69 Å². The van der Waals surface area contributed by atoms with Crippen molar-refractivity contribution in [3.63, 3.8) is 0 Å². The molecule has 0 radical (unpaired) electrons. The number of carbonyl (C=O) groups is 2. The summed E-state index contributed by atoms with van der Waals surface area (Å²) in [5.41, 5.74) is 3.75. The highest BCUT2D eigenvalue weighted by Gasteiger charge is 2.36. The van der Waals surface area contributed by atoms with Crippen molar-refractivity contribution in [2.24, 2.45) is 0 Å². The van der Waals surface area contributed by atoms with Gasteiger partial charge in [-0.3, -0.25) is 13.9 Å². The van der Waals surface area contributed by atoms with Crippen LogP contribution in [0.25, 0.3) is 0 Å². The first-order chi connectivity index (χ1) is 22.7. The van der Waals surface area contributed by atoms with Crippen LogP contribution in [-0.2, 0) is 32.6 Å². The van der Waals surface area contributed by atoms with Gasteiger partial charge >= 0.3 is 0 Å². The molecule has 0 aliphatic heterocycles. The van der Waals surface area contributed by atoms with Gasteiger partial charge in [0.05, 0.1) is 17.7 Å². The van der Waals surface area contributed by atoms with Crippen LogP contribution in [0.1, 0.15) is 47.9 Å². The van der Waals surface area contributed by atoms with E-state index in [1.807, 2.05) is 80.6 Å². The third-order valence-corrected chi connectivity index (χ3v) is 10.5. The Hall–Kier alpha value is -4.63. The number of ether oxygens (including phenoxy) is 1. The topological polar surface area (TPSA) is 96.0 Å². The second-order valence-electron chi connectivity index (χ2n) is 12.2. The van der Waals surface area contributed by atoms with Crippen molar-refractivity contribution >= 4 is 27.5 Å². The predicted octanol–water partition coefficient (Wildman–Crippen LogP) is 6.21. The number of anilines is 1. The van der Waals surface area contributed by atoms with Crippen LogP contribution < -0.4 is 14.4 Å². The minimum atomic E-state index is -4.16. The smallest absolute Gasteiger partial charge is 0.264 e. The molecule has 0 spiro atoms. The molecule has 47 heavy (non-hydrogen) atoms. The van der Waals surface area contributed by atoms with Crippen molar-refractivity contribution in [1.29, 1.82) is 0 Å². The average Bonchev–Trinajstić information content (AvgIpc) is 3.59. The number of sulfonamides is 1. The molecule has 1 aliphatic rings. The first kappa shape index (κ1) is 33.7. The van der Waals surface area contributed by atoms with E-state index in [1.165, 1.54) is 21.3 Å². The van der Waals surface area contributed by atoms with Gasteiger partial charge in [-0.15, -0.1) is 0 Å². The summed E-state index contributed by atoms with van der Waals surface area (Å²) < 4.78 is 35.1. The monoisotopic (exact) mass is 653 g/mol. The molecular weight excluding hydrogens is 611 g/mol. The van der Waals surface area contributed by atoms with Gasteiger partial charge in [-0.2, -0.15) is 0 Å². The molecule has 2 amide bonds. The first-order valence-electron chi connectivity index (χ1n) is 16.1. The van der Waals surface area contributed by atoms with Gasteiger partial charge in [0, 0.05) is 19.0 Å². The fourth-order valence-corrected chi connectivity index (χ4v) is 7.71. The zero-order valence-corrected chi connectivity index (χ0v) is 28.1. The number of aryl methyl sites for hydroxylation is 2. The molecule has 1 saturated carbocycles. The van der Waals surface area contributed by atoms with Crippen LogP contribution >= 0.6 is 0 Å². The second-order valence-corrected chi connectivity index (χ2v) is 14.0. The number of hydrogen-bond acceptors (Lipinski definition) is 5. The molecule has 1 atom stereocenters. The SMILES string of the molecule is COc1cccc(CN(C(=O)CN(c2ccc(C)cc2C)S(=O)(=O)c2ccccc2)[C@H](Cc2ccccc2)C(=O)NC2CCCC2)c1.